The second-order valence-corrected chi connectivity index (χ2v) is 13.3. The lowest BCUT2D eigenvalue weighted by Crippen LogP contribution is -2.46. The van der Waals surface area contributed by atoms with Gasteiger partial charge in [-0.25, -0.2) is 9.59 Å². The molecule has 224 valence electrons. The third-order valence-corrected chi connectivity index (χ3v) is 7.72. The number of rotatable bonds is 4. The fraction of sp³-hybridized carbons (Fsp3) is 0.486. The molecule has 4 rings (SSSR count). The van der Waals surface area contributed by atoms with E-state index in [9.17, 15) is 9.59 Å². The smallest absolute Gasteiger partial charge is 0.443 e. The molecule has 0 N–H and O–H groups in total. The van der Waals surface area contributed by atoms with Crippen molar-refractivity contribution in [3.63, 3.8) is 0 Å². The van der Waals surface area contributed by atoms with Gasteiger partial charge in [-0.05, 0) is 93.0 Å². The Bertz CT molecular complexity index is 1460. The van der Waals surface area contributed by atoms with Gasteiger partial charge in [0, 0.05) is 23.0 Å². The predicted molar refractivity (Wildman–Crippen MR) is 165 cm³/mol. The summed E-state index contributed by atoms with van der Waals surface area (Å²) in [5.74, 6) is 6.53. The minimum Gasteiger partial charge on any atom is -0.443 e. The van der Waals surface area contributed by atoms with Crippen LogP contribution in [0.3, 0.4) is 0 Å². The van der Waals surface area contributed by atoms with Gasteiger partial charge in [-0.15, -0.1) is 0 Å². The van der Waals surface area contributed by atoms with Crippen LogP contribution in [-0.2, 0) is 19.7 Å². The molecule has 3 aromatic rings. The number of benzene rings is 2. The topological polar surface area (TPSA) is 70.0 Å². The summed E-state index contributed by atoms with van der Waals surface area (Å²) in [4.78, 5) is 28.1. The van der Waals surface area contributed by atoms with E-state index >= 15 is 0 Å². The van der Waals surface area contributed by atoms with Crippen molar-refractivity contribution in [3.05, 3.63) is 71.9 Å². The van der Waals surface area contributed by atoms with E-state index in [4.69, 9.17) is 14.2 Å². The maximum atomic E-state index is 13.0. The summed E-state index contributed by atoms with van der Waals surface area (Å²) in [5.41, 5.74) is 1.25. The highest BCUT2D eigenvalue weighted by Gasteiger charge is 2.41. The third kappa shape index (κ3) is 7.35. The van der Waals surface area contributed by atoms with Crippen molar-refractivity contribution in [1.29, 1.82) is 0 Å². The third-order valence-electron chi connectivity index (χ3n) is 7.72. The van der Waals surface area contributed by atoms with Crippen LogP contribution in [0, 0.1) is 17.8 Å². The van der Waals surface area contributed by atoms with Gasteiger partial charge in [0.2, 0.25) is 0 Å². The lowest BCUT2D eigenvalue weighted by atomic mass is 9.70. The zero-order valence-corrected chi connectivity index (χ0v) is 26.2. The van der Waals surface area contributed by atoms with Crippen molar-refractivity contribution in [1.82, 2.24) is 9.47 Å². The molecule has 42 heavy (non-hydrogen) atoms. The van der Waals surface area contributed by atoms with Crippen LogP contribution in [0.1, 0.15) is 78.4 Å². The Morgan fingerprint density at radius 1 is 0.905 bits per heavy atom. The molecule has 0 radical (unpaired) electrons. The normalized spacial score (nSPS) is 20.0. The molecule has 1 aromatic heterocycles. The molecule has 2 aromatic carbocycles. The summed E-state index contributed by atoms with van der Waals surface area (Å²) < 4.78 is 18.5. The van der Waals surface area contributed by atoms with Crippen LogP contribution in [0.4, 0.5) is 9.59 Å². The molecule has 1 saturated carbocycles. The van der Waals surface area contributed by atoms with Crippen LogP contribution in [0.25, 0.3) is 10.9 Å². The SMILES string of the molecule is CN(C)C1(c2ccccc2)CCC(C(C#Cc2cn(C(=O)OC(C)(C)C)c3ccccc23)OC(=O)OC(C)(C)C)CC1. The largest absolute Gasteiger partial charge is 0.510 e. The Kier molecular flexibility index (Phi) is 9.08. The summed E-state index contributed by atoms with van der Waals surface area (Å²) in [7, 11) is 4.25. The van der Waals surface area contributed by atoms with E-state index in [1.807, 2.05) is 71.9 Å². The van der Waals surface area contributed by atoms with E-state index < -0.39 is 29.6 Å². The molecule has 1 aliphatic rings. The van der Waals surface area contributed by atoms with Crippen LogP contribution >= 0.6 is 0 Å². The maximum absolute atomic E-state index is 13.0. The van der Waals surface area contributed by atoms with Gasteiger partial charge in [0.1, 0.15) is 11.2 Å². The minimum absolute atomic E-state index is 0.0287. The first-order valence-electron chi connectivity index (χ1n) is 14.7. The number of hydrogen-bond acceptors (Lipinski definition) is 6. The standard InChI is InChI=1S/C35H44N2O5/c1-33(2,3)41-31(38)37-24-26(28-16-12-13-17-29(28)37)18-19-30(40-32(39)42-34(4,5)6)25-20-22-35(23-21-25,36(7)8)27-14-10-9-11-15-27/h9-17,24-25,30H,20-23H2,1-8H3. The first-order chi connectivity index (χ1) is 19.7. The number of carbonyl (C=O) groups is 2. The number of para-hydroxylation sites is 1. The molecule has 0 bridgehead atoms. The number of nitrogens with zero attached hydrogens (tertiary/aromatic N) is 2. The molecule has 0 spiro atoms. The quantitative estimate of drug-likeness (QED) is 0.235. The van der Waals surface area contributed by atoms with Crippen molar-refractivity contribution in [2.45, 2.75) is 90.1 Å². The molecule has 1 fully saturated rings. The van der Waals surface area contributed by atoms with Crippen molar-refractivity contribution in [3.8, 4) is 11.8 Å². The van der Waals surface area contributed by atoms with Crippen LogP contribution in [0.5, 0.6) is 0 Å². The molecule has 7 heteroatoms. The Labute approximate surface area is 250 Å². The summed E-state index contributed by atoms with van der Waals surface area (Å²) >= 11 is 0. The summed E-state index contributed by atoms with van der Waals surface area (Å²) in [6.07, 6.45) is 3.30. The second-order valence-electron chi connectivity index (χ2n) is 13.3. The van der Waals surface area contributed by atoms with Gasteiger partial charge >= 0.3 is 12.2 Å². The van der Waals surface area contributed by atoms with Crippen LogP contribution in [0.2, 0.25) is 0 Å². The lowest BCUT2D eigenvalue weighted by Gasteiger charge is -2.46. The van der Waals surface area contributed by atoms with Crippen molar-refractivity contribution < 1.29 is 23.8 Å². The Hall–Kier alpha value is -3.76. The van der Waals surface area contributed by atoms with Gasteiger partial charge in [-0.2, -0.15) is 0 Å². The van der Waals surface area contributed by atoms with Crippen molar-refractivity contribution in [2.24, 2.45) is 5.92 Å². The number of fused-ring (bicyclic) bond motifs is 1. The van der Waals surface area contributed by atoms with Gasteiger partial charge < -0.3 is 14.2 Å². The number of ether oxygens (including phenoxy) is 3. The molecule has 1 unspecified atom stereocenters. The Balaban J connectivity index is 1.65. The summed E-state index contributed by atoms with van der Waals surface area (Å²) in [6.45, 7) is 10.9. The molecule has 0 aliphatic heterocycles. The maximum Gasteiger partial charge on any atom is 0.510 e. The first-order valence-corrected chi connectivity index (χ1v) is 14.7. The molecule has 0 saturated heterocycles. The highest BCUT2D eigenvalue weighted by Crippen LogP contribution is 2.44. The predicted octanol–water partition coefficient (Wildman–Crippen LogP) is 7.74. The van der Waals surface area contributed by atoms with Gasteiger partial charge in [-0.3, -0.25) is 9.47 Å². The molecule has 0 amide bonds. The van der Waals surface area contributed by atoms with Gasteiger partial charge in [0.25, 0.3) is 0 Å². The first kappa shape index (κ1) is 31.2. The van der Waals surface area contributed by atoms with E-state index in [2.05, 4.69) is 55.1 Å². The summed E-state index contributed by atoms with van der Waals surface area (Å²) in [6, 6.07) is 18.2. The molecule has 1 aliphatic carbocycles. The molecule has 7 nitrogen and oxygen atoms in total. The molecular formula is C35H44N2O5. The van der Waals surface area contributed by atoms with Crippen LogP contribution < -0.4 is 0 Å². The van der Waals surface area contributed by atoms with E-state index in [0.29, 0.717) is 11.1 Å². The highest BCUT2D eigenvalue weighted by atomic mass is 16.7. The number of carbonyl (C=O) groups excluding carboxylic acids is 2. The van der Waals surface area contributed by atoms with E-state index in [1.54, 1.807) is 6.20 Å². The van der Waals surface area contributed by atoms with Crippen LogP contribution in [0.15, 0.2) is 60.8 Å². The zero-order chi connectivity index (χ0) is 30.7. The average Bonchev–Trinajstić information content (AvgIpc) is 3.28. The van der Waals surface area contributed by atoms with Gasteiger partial charge in [-0.1, -0.05) is 60.4 Å². The summed E-state index contributed by atoms with van der Waals surface area (Å²) in [5, 5.41) is 0.825. The van der Waals surface area contributed by atoms with Gasteiger partial charge in [0.15, 0.2) is 6.10 Å². The molecule has 1 heterocycles. The Morgan fingerprint density at radius 3 is 2.10 bits per heavy atom. The Morgan fingerprint density at radius 2 is 1.50 bits per heavy atom. The number of hydrogen-bond donors (Lipinski definition) is 0. The number of aromatic nitrogens is 1. The van der Waals surface area contributed by atoms with Crippen molar-refractivity contribution >= 4 is 23.2 Å². The fourth-order valence-electron chi connectivity index (χ4n) is 5.67. The van der Waals surface area contributed by atoms with Crippen molar-refractivity contribution in [2.75, 3.05) is 14.1 Å². The fourth-order valence-corrected chi connectivity index (χ4v) is 5.67. The average molecular weight is 573 g/mol. The monoisotopic (exact) mass is 572 g/mol. The van der Waals surface area contributed by atoms with E-state index in [0.717, 1.165) is 31.1 Å². The van der Waals surface area contributed by atoms with Crippen LogP contribution in [-0.4, -0.2) is 53.1 Å². The van der Waals surface area contributed by atoms with E-state index in [1.165, 1.54) is 10.1 Å². The zero-order valence-electron chi connectivity index (χ0n) is 26.2. The molecule has 1 atom stereocenters. The second kappa shape index (κ2) is 12.2. The minimum atomic E-state index is -0.731. The van der Waals surface area contributed by atoms with E-state index in [-0.39, 0.29) is 11.5 Å². The van der Waals surface area contributed by atoms with Gasteiger partial charge in [0.05, 0.1) is 11.1 Å². The lowest BCUT2D eigenvalue weighted by molar-refractivity contribution is -0.0360. The highest BCUT2D eigenvalue weighted by molar-refractivity contribution is 5.93. The molecular weight excluding hydrogens is 528 g/mol.